The number of amides is 1. The fourth-order valence-electron chi connectivity index (χ4n) is 2.31. The second-order valence-electron chi connectivity index (χ2n) is 4.64. The molecule has 0 unspecified atom stereocenters. The zero-order valence-corrected chi connectivity index (χ0v) is 10.3. The van der Waals surface area contributed by atoms with Crippen LogP contribution in [0.25, 0.3) is 0 Å². The summed E-state index contributed by atoms with van der Waals surface area (Å²) in [5, 5.41) is 6.18. The highest BCUT2D eigenvalue weighted by molar-refractivity contribution is 5.93. The van der Waals surface area contributed by atoms with Crippen LogP contribution in [0.5, 0.6) is 0 Å². The average molecular weight is 232 g/mol. The van der Waals surface area contributed by atoms with Gasteiger partial charge in [0.2, 0.25) is 0 Å². The minimum absolute atomic E-state index is 0.0275. The van der Waals surface area contributed by atoms with Gasteiger partial charge < -0.3 is 10.6 Å². The highest BCUT2D eigenvalue weighted by atomic mass is 16.1. The van der Waals surface area contributed by atoms with Gasteiger partial charge in [0.05, 0.1) is 0 Å². The molecule has 17 heavy (non-hydrogen) atoms. The summed E-state index contributed by atoms with van der Waals surface area (Å²) in [6.45, 7) is 0.901. The molecule has 0 bridgehead atoms. The van der Waals surface area contributed by atoms with Crippen molar-refractivity contribution in [3.63, 3.8) is 0 Å². The van der Waals surface area contributed by atoms with Crippen molar-refractivity contribution in [1.29, 1.82) is 0 Å². The number of hydrogen-bond acceptors (Lipinski definition) is 2. The Hall–Kier alpha value is -1.35. The predicted octanol–water partition coefficient (Wildman–Crippen LogP) is 2.08. The van der Waals surface area contributed by atoms with Gasteiger partial charge in [0.1, 0.15) is 0 Å². The molecular weight excluding hydrogens is 212 g/mol. The van der Waals surface area contributed by atoms with E-state index < -0.39 is 0 Å². The summed E-state index contributed by atoms with van der Waals surface area (Å²) in [5.41, 5.74) is 1.96. The lowest BCUT2D eigenvalue weighted by atomic mass is 10.1. The maximum atomic E-state index is 11.4. The molecule has 92 valence electrons. The van der Waals surface area contributed by atoms with Crippen molar-refractivity contribution in [2.75, 3.05) is 7.05 Å². The standard InChI is InChI=1S/C14H20N2O/c1-15-14(17)12-8-6-11(7-9-12)10-16-13-4-2-3-5-13/h6-9,13,16H,2-5,10H2,1H3,(H,15,17). The normalized spacial score (nSPS) is 16.1. The summed E-state index contributed by atoms with van der Waals surface area (Å²) < 4.78 is 0. The molecule has 1 saturated carbocycles. The van der Waals surface area contributed by atoms with Crippen LogP contribution >= 0.6 is 0 Å². The molecule has 1 aliphatic rings. The van der Waals surface area contributed by atoms with Crippen molar-refractivity contribution >= 4 is 5.91 Å². The molecule has 1 fully saturated rings. The van der Waals surface area contributed by atoms with Crippen molar-refractivity contribution in [2.24, 2.45) is 0 Å². The van der Waals surface area contributed by atoms with E-state index >= 15 is 0 Å². The minimum atomic E-state index is -0.0275. The molecule has 1 aromatic carbocycles. The first-order valence-electron chi connectivity index (χ1n) is 6.34. The van der Waals surface area contributed by atoms with Gasteiger partial charge in [-0.2, -0.15) is 0 Å². The van der Waals surface area contributed by atoms with Gasteiger partial charge in [-0.05, 0) is 30.5 Å². The van der Waals surface area contributed by atoms with Crippen molar-refractivity contribution < 1.29 is 4.79 Å². The minimum Gasteiger partial charge on any atom is -0.355 e. The van der Waals surface area contributed by atoms with Crippen LogP contribution in [0.2, 0.25) is 0 Å². The smallest absolute Gasteiger partial charge is 0.251 e. The highest BCUT2D eigenvalue weighted by Gasteiger charge is 2.13. The lowest BCUT2D eigenvalue weighted by Crippen LogP contribution is -2.25. The molecule has 3 heteroatoms. The van der Waals surface area contributed by atoms with Crippen LogP contribution in [0.1, 0.15) is 41.6 Å². The van der Waals surface area contributed by atoms with E-state index in [4.69, 9.17) is 0 Å². The number of hydrogen-bond donors (Lipinski definition) is 2. The van der Waals surface area contributed by atoms with Crippen LogP contribution in [-0.4, -0.2) is 19.0 Å². The zero-order valence-electron chi connectivity index (χ0n) is 10.3. The maximum Gasteiger partial charge on any atom is 0.251 e. The average Bonchev–Trinajstić information content (AvgIpc) is 2.89. The van der Waals surface area contributed by atoms with E-state index in [0.29, 0.717) is 6.04 Å². The van der Waals surface area contributed by atoms with Crippen LogP contribution in [-0.2, 0) is 6.54 Å². The number of carbonyl (C=O) groups excluding carboxylic acids is 1. The number of benzene rings is 1. The molecule has 0 radical (unpaired) electrons. The third-order valence-electron chi connectivity index (χ3n) is 3.39. The third-order valence-corrected chi connectivity index (χ3v) is 3.39. The summed E-state index contributed by atoms with van der Waals surface area (Å²) in [7, 11) is 1.65. The molecule has 0 aliphatic heterocycles. The highest BCUT2D eigenvalue weighted by Crippen LogP contribution is 2.18. The van der Waals surface area contributed by atoms with Crippen molar-refractivity contribution in [1.82, 2.24) is 10.6 Å². The Morgan fingerprint density at radius 3 is 2.47 bits per heavy atom. The van der Waals surface area contributed by atoms with Crippen LogP contribution in [0, 0.1) is 0 Å². The van der Waals surface area contributed by atoms with Crippen LogP contribution in [0.3, 0.4) is 0 Å². The van der Waals surface area contributed by atoms with Crippen LogP contribution < -0.4 is 10.6 Å². The molecule has 3 nitrogen and oxygen atoms in total. The predicted molar refractivity (Wildman–Crippen MR) is 68.9 cm³/mol. The molecule has 0 heterocycles. The Kier molecular flexibility index (Phi) is 4.15. The van der Waals surface area contributed by atoms with Crippen molar-refractivity contribution in [2.45, 2.75) is 38.3 Å². The van der Waals surface area contributed by atoms with Gasteiger partial charge in [-0.3, -0.25) is 4.79 Å². The van der Waals surface area contributed by atoms with E-state index in [-0.39, 0.29) is 5.91 Å². The first-order chi connectivity index (χ1) is 8.29. The fraction of sp³-hybridized carbons (Fsp3) is 0.500. The summed E-state index contributed by atoms with van der Waals surface area (Å²) in [5.74, 6) is -0.0275. The molecular formula is C14H20N2O. The third kappa shape index (κ3) is 3.30. The molecule has 0 atom stereocenters. The monoisotopic (exact) mass is 232 g/mol. The molecule has 0 saturated heterocycles. The number of carbonyl (C=O) groups is 1. The van der Waals surface area contributed by atoms with Crippen molar-refractivity contribution in [3.8, 4) is 0 Å². The Morgan fingerprint density at radius 1 is 1.24 bits per heavy atom. The van der Waals surface area contributed by atoms with Gasteiger partial charge in [0, 0.05) is 25.2 Å². The number of nitrogens with one attached hydrogen (secondary N) is 2. The topological polar surface area (TPSA) is 41.1 Å². The van der Waals surface area contributed by atoms with E-state index in [9.17, 15) is 4.79 Å². The molecule has 1 amide bonds. The Morgan fingerprint density at radius 2 is 1.88 bits per heavy atom. The molecule has 0 aromatic heterocycles. The van der Waals surface area contributed by atoms with Gasteiger partial charge in [0.15, 0.2) is 0 Å². The number of rotatable bonds is 4. The van der Waals surface area contributed by atoms with E-state index in [0.717, 1.165) is 12.1 Å². The Labute approximate surface area is 103 Å². The molecule has 1 aromatic rings. The maximum absolute atomic E-state index is 11.4. The van der Waals surface area contributed by atoms with E-state index in [1.165, 1.54) is 31.2 Å². The van der Waals surface area contributed by atoms with E-state index in [1.807, 2.05) is 24.3 Å². The Balaban J connectivity index is 1.87. The van der Waals surface area contributed by atoms with Gasteiger partial charge in [-0.1, -0.05) is 25.0 Å². The van der Waals surface area contributed by atoms with Gasteiger partial charge >= 0.3 is 0 Å². The fourth-order valence-corrected chi connectivity index (χ4v) is 2.31. The zero-order chi connectivity index (χ0) is 12.1. The first-order valence-corrected chi connectivity index (χ1v) is 6.34. The first kappa shape index (κ1) is 12.1. The molecule has 2 N–H and O–H groups in total. The second kappa shape index (κ2) is 5.82. The van der Waals surface area contributed by atoms with Gasteiger partial charge in [-0.15, -0.1) is 0 Å². The largest absolute Gasteiger partial charge is 0.355 e. The summed E-state index contributed by atoms with van der Waals surface area (Å²) in [6.07, 6.45) is 5.31. The molecule has 0 spiro atoms. The van der Waals surface area contributed by atoms with Gasteiger partial charge in [0.25, 0.3) is 5.91 Å². The quantitative estimate of drug-likeness (QED) is 0.834. The SMILES string of the molecule is CNC(=O)c1ccc(CNC2CCCC2)cc1. The molecule has 2 rings (SSSR count). The summed E-state index contributed by atoms with van der Waals surface area (Å²) in [6, 6.07) is 8.49. The summed E-state index contributed by atoms with van der Waals surface area (Å²) >= 11 is 0. The second-order valence-corrected chi connectivity index (χ2v) is 4.64. The molecule has 1 aliphatic carbocycles. The summed E-state index contributed by atoms with van der Waals surface area (Å²) in [4.78, 5) is 11.4. The van der Waals surface area contributed by atoms with Crippen LogP contribution in [0.4, 0.5) is 0 Å². The van der Waals surface area contributed by atoms with Gasteiger partial charge in [-0.25, -0.2) is 0 Å². The Bertz CT molecular complexity index is 366. The van der Waals surface area contributed by atoms with E-state index in [2.05, 4.69) is 10.6 Å². The lowest BCUT2D eigenvalue weighted by molar-refractivity contribution is 0.0963. The van der Waals surface area contributed by atoms with E-state index in [1.54, 1.807) is 7.05 Å². The van der Waals surface area contributed by atoms with Crippen LogP contribution in [0.15, 0.2) is 24.3 Å². The van der Waals surface area contributed by atoms with Crippen molar-refractivity contribution in [3.05, 3.63) is 35.4 Å². The lowest BCUT2D eigenvalue weighted by Gasteiger charge is -2.11.